The number of hydrogen-bond donors (Lipinski definition) is 0. The first-order chi connectivity index (χ1) is 12.7. The Balaban J connectivity index is 1.68. The predicted molar refractivity (Wildman–Crippen MR) is 101 cm³/mol. The van der Waals surface area contributed by atoms with Crippen LogP contribution in [-0.4, -0.2) is 27.3 Å². The first-order valence-corrected chi connectivity index (χ1v) is 9.07. The fourth-order valence-electron chi connectivity index (χ4n) is 3.37. The number of aryl methyl sites for hydroxylation is 1. The molecule has 4 rings (SSSR count). The molecule has 0 radical (unpaired) electrons. The van der Waals surface area contributed by atoms with E-state index in [-0.39, 0.29) is 0 Å². The van der Waals surface area contributed by atoms with Gasteiger partial charge in [0, 0.05) is 11.8 Å². The van der Waals surface area contributed by atoms with Gasteiger partial charge in [-0.3, -0.25) is 0 Å². The number of halogens is 1. The first-order valence-electron chi connectivity index (χ1n) is 8.69. The number of methoxy groups -OCH3 is 1. The molecule has 2 atom stereocenters. The van der Waals surface area contributed by atoms with E-state index in [1.54, 1.807) is 13.3 Å². The van der Waals surface area contributed by atoms with Crippen LogP contribution in [0.4, 0.5) is 0 Å². The molecule has 0 bridgehead atoms. The summed E-state index contributed by atoms with van der Waals surface area (Å²) in [6, 6.07) is 12.9. The Morgan fingerprint density at radius 1 is 1.15 bits per heavy atom. The number of nitrogens with zero attached hydrogens (tertiary/aromatic N) is 4. The van der Waals surface area contributed by atoms with E-state index in [4.69, 9.17) is 16.3 Å². The maximum Gasteiger partial charge on any atom is 0.316 e. The van der Waals surface area contributed by atoms with E-state index < -0.39 is 0 Å². The maximum atomic E-state index is 6.37. The minimum atomic E-state index is 0.360. The molecule has 2 unspecified atom stereocenters. The Morgan fingerprint density at radius 3 is 2.69 bits per heavy atom. The summed E-state index contributed by atoms with van der Waals surface area (Å²) < 4.78 is 5.12. The average Bonchev–Trinajstić information content (AvgIpc) is 3.49. The minimum absolute atomic E-state index is 0.360. The van der Waals surface area contributed by atoms with Crippen molar-refractivity contribution in [3.8, 4) is 17.3 Å². The summed E-state index contributed by atoms with van der Waals surface area (Å²) in [5.41, 5.74) is 4.89. The van der Waals surface area contributed by atoms with E-state index in [0.29, 0.717) is 23.0 Å². The van der Waals surface area contributed by atoms with Crippen molar-refractivity contribution in [2.75, 3.05) is 7.11 Å². The van der Waals surface area contributed by atoms with Gasteiger partial charge in [0.25, 0.3) is 0 Å². The predicted octanol–water partition coefficient (Wildman–Crippen LogP) is 4.43. The van der Waals surface area contributed by atoms with Gasteiger partial charge >= 0.3 is 6.01 Å². The van der Waals surface area contributed by atoms with Gasteiger partial charge in [-0.25, -0.2) is 4.98 Å². The third-order valence-corrected chi connectivity index (χ3v) is 5.13. The van der Waals surface area contributed by atoms with Gasteiger partial charge in [0.2, 0.25) is 0 Å². The molecule has 0 spiro atoms. The molecule has 5 nitrogen and oxygen atoms in total. The van der Waals surface area contributed by atoms with Crippen molar-refractivity contribution in [1.82, 2.24) is 20.2 Å². The van der Waals surface area contributed by atoms with Crippen LogP contribution in [0.25, 0.3) is 11.3 Å². The number of aromatic nitrogens is 4. The molecule has 0 N–H and O–H groups in total. The summed E-state index contributed by atoms with van der Waals surface area (Å²) in [7, 11) is 1.56. The normalized spacial score (nSPS) is 18.6. The van der Waals surface area contributed by atoms with Crippen LogP contribution in [0.2, 0.25) is 5.15 Å². The van der Waals surface area contributed by atoms with E-state index in [0.717, 1.165) is 35.4 Å². The monoisotopic (exact) mass is 366 g/mol. The smallest absolute Gasteiger partial charge is 0.316 e. The lowest BCUT2D eigenvalue weighted by Crippen LogP contribution is -2.01. The zero-order chi connectivity index (χ0) is 18.1. The van der Waals surface area contributed by atoms with Crippen molar-refractivity contribution in [2.45, 2.75) is 31.6 Å². The molecule has 132 valence electrons. The second kappa shape index (κ2) is 7.00. The van der Waals surface area contributed by atoms with Gasteiger partial charge in [0.05, 0.1) is 18.5 Å². The number of ether oxygens (including phenoxy) is 1. The molecule has 2 aromatic heterocycles. The molecule has 26 heavy (non-hydrogen) atoms. The van der Waals surface area contributed by atoms with Gasteiger partial charge in [-0.05, 0) is 41.9 Å². The van der Waals surface area contributed by atoms with Gasteiger partial charge in [0.15, 0.2) is 5.15 Å². The molecular weight excluding hydrogens is 348 g/mol. The van der Waals surface area contributed by atoms with Crippen LogP contribution in [0.15, 0.2) is 42.6 Å². The molecular formula is C20H19ClN4O. The second-order valence-electron chi connectivity index (χ2n) is 6.41. The number of rotatable bonds is 5. The Bertz CT molecular complexity index is 932. The van der Waals surface area contributed by atoms with E-state index >= 15 is 0 Å². The highest BCUT2D eigenvalue weighted by atomic mass is 35.5. The van der Waals surface area contributed by atoms with Crippen molar-refractivity contribution in [1.29, 1.82) is 0 Å². The molecule has 0 aliphatic heterocycles. The average molecular weight is 367 g/mol. The van der Waals surface area contributed by atoms with Gasteiger partial charge in [-0.1, -0.05) is 48.9 Å². The summed E-state index contributed by atoms with van der Waals surface area (Å²) in [5, 5.41) is 8.95. The molecule has 2 heterocycles. The van der Waals surface area contributed by atoms with Crippen molar-refractivity contribution in [2.24, 2.45) is 0 Å². The Labute approximate surface area is 157 Å². The molecule has 1 aliphatic rings. The summed E-state index contributed by atoms with van der Waals surface area (Å²) in [4.78, 5) is 8.65. The topological polar surface area (TPSA) is 60.8 Å². The highest BCUT2D eigenvalue weighted by molar-refractivity contribution is 6.30. The quantitative estimate of drug-likeness (QED) is 0.668. The van der Waals surface area contributed by atoms with Gasteiger partial charge in [-0.15, -0.1) is 10.2 Å². The minimum Gasteiger partial charge on any atom is -0.467 e. The van der Waals surface area contributed by atoms with Crippen LogP contribution >= 0.6 is 11.6 Å². The second-order valence-corrected chi connectivity index (χ2v) is 6.76. The van der Waals surface area contributed by atoms with Gasteiger partial charge in [-0.2, -0.15) is 4.98 Å². The van der Waals surface area contributed by atoms with Crippen molar-refractivity contribution < 1.29 is 4.74 Å². The summed E-state index contributed by atoms with van der Waals surface area (Å²) >= 11 is 6.37. The van der Waals surface area contributed by atoms with Crippen LogP contribution in [0.3, 0.4) is 0 Å². The van der Waals surface area contributed by atoms with E-state index in [2.05, 4.69) is 44.4 Å². The zero-order valence-electron chi connectivity index (χ0n) is 14.7. The lowest BCUT2D eigenvalue weighted by Gasteiger charge is -2.09. The molecule has 1 saturated carbocycles. The van der Waals surface area contributed by atoms with Gasteiger partial charge in [0.1, 0.15) is 0 Å². The van der Waals surface area contributed by atoms with Crippen LogP contribution in [-0.2, 0) is 6.42 Å². The van der Waals surface area contributed by atoms with E-state index in [1.807, 2.05) is 19.1 Å². The molecule has 1 fully saturated rings. The Kier molecular flexibility index (Phi) is 4.55. The van der Waals surface area contributed by atoms with Crippen LogP contribution in [0.5, 0.6) is 6.01 Å². The molecule has 0 saturated heterocycles. The zero-order valence-corrected chi connectivity index (χ0v) is 15.4. The number of hydrogen-bond acceptors (Lipinski definition) is 5. The lowest BCUT2D eigenvalue weighted by molar-refractivity contribution is 0.378. The van der Waals surface area contributed by atoms with Gasteiger partial charge < -0.3 is 4.74 Å². The Hall–Kier alpha value is -2.53. The van der Waals surface area contributed by atoms with Crippen LogP contribution in [0, 0.1) is 0 Å². The molecule has 0 amide bonds. The maximum absolute atomic E-state index is 6.37. The third-order valence-electron chi connectivity index (χ3n) is 4.83. The molecule has 3 aromatic rings. The largest absolute Gasteiger partial charge is 0.467 e. The lowest BCUT2D eigenvalue weighted by atomic mass is 10.0. The number of benzene rings is 1. The van der Waals surface area contributed by atoms with Crippen LogP contribution in [0.1, 0.15) is 42.0 Å². The summed E-state index contributed by atoms with van der Waals surface area (Å²) in [6.45, 7) is 2.04. The highest BCUT2D eigenvalue weighted by Gasteiger charge is 2.41. The SMILES string of the molecule is CCc1nc(OC)ncc1-c1cc(C2CC2c2ccccc2)c(Cl)nn1. The molecule has 1 aliphatic carbocycles. The standard InChI is InChI=1S/C20H19ClN4O/c1-3-17-16(11-22-20(23-17)26-2)18-10-15(19(21)25-24-18)14-9-13(14)12-7-5-4-6-8-12/h4-8,10-11,13-14H,3,9H2,1-2H3. The molecule has 6 heteroatoms. The van der Waals surface area contributed by atoms with Crippen LogP contribution < -0.4 is 4.74 Å². The van der Waals surface area contributed by atoms with Crippen molar-refractivity contribution in [3.05, 3.63) is 64.6 Å². The summed E-state index contributed by atoms with van der Waals surface area (Å²) in [6.07, 6.45) is 3.58. The Morgan fingerprint density at radius 2 is 1.96 bits per heavy atom. The fourth-order valence-corrected chi connectivity index (χ4v) is 3.60. The van der Waals surface area contributed by atoms with E-state index in [9.17, 15) is 0 Å². The summed E-state index contributed by atoms with van der Waals surface area (Å²) in [5.74, 6) is 0.868. The third kappa shape index (κ3) is 3.15. The fraction of sp³-hybridized carbons (Fsp3) is 0.300. The highest BCUT2D eigenvalue weighted by Crippen LogP contribution is 2.56. The van der Waals surface area contributed by atoms with Crippen molar-refractivity contribution >= 4 is 11.6 Å². The molecule has 1 aromatic carbocycles. The first kappa shape index (κ1) is 16.9. The van der Waals surface area contributed by atoms with Crippen molar-refractivity contribution in [3.63, 3.8) is 0 Å². The van der Waals surface area contributed by atoms with E-state index in [1.165, 1.54) is 5.56 Å².